The summed E-state index contributed by atoms with van der Waals surface area (Å²) in [6.45, 7) is 1.74. The second kappa shape index (κ2) is 5.05. The Morgan fingerprint density at radius 2 is 2.10 bits per heavy atom. The molecule has 1 aromatic rings. The lowest BCUT2D eigenvalue weighted by atomic mass is 9.89. The third-order valence-electron chi connectivity index (χ3n) is 3.97. The van der Waals surface area contributed by atoms with E-state index >= 15 is 0 Å². The number of nitrogens with one attached hydrogen (secondary N) is 1. The predicted molar refractivity (Wildman–Crippen MR) is 70.7 cm³/mol. The molecule has 1 amide bonds. The summed E-state index contributed by atoms with van der Waals surface area (Å²) in [5.74, 6) is 0.199. The van der Waals surface area contributed by atoms with Crippen molar-refractivity contribution in [2.24, 2.45) is 0 Å². The molecule has 1 saturated heterocycles. The van der Waals surface area contributed by atoms with E-state index in [1.807, 2.05) is 0 Å². The summed E-state index contributed by atoms with van der Waals surface area (Å²) in [4.78, 5) is 11.7. The van der Waals surface area contributed by atoms with Gasteiger partial charge < -0.3 is 14.8 Å². The Labute approximate surface area is 117 Å². The number of halogens is 1. The van der Waals surface area contributed by atoms with E-state index in [1.54, 1.807) is 19.1 Å². The zero-order valence-corrected chi connectivity index (χ0v) is 11.4. The molecule has 3 unspecified atom stereocenters. The van der Waals surface area contributed by atoms with Gasteiger partial charge in [0.2, 0.25) is 0 Å². The number of ether oxygens (including phenoxy) is 2. The van der Waals surface area contributed by atoms with E-state index < -0.39 is 11.8 Å². The van der Waals surface area contributed by atoms with Crippen molar-refractivity contribution in [2.75, 3.05) is 0 Å². The second-order valence-electron chi connectivity index (χ2n) is 5.45. The zero-order chi connectivity index (χ0) is 14.2. The topological polar surface area (TPSA) is 47.6 Å². The van der Waals surface area contributed by atoms with Crippen LogP contribution in [0.4, 0.5) is 4.39 Å². The van der Waals surface area contributed by atoms with Gasteiger partial charge in [0, 0.05) is 0 Å². The summed E-state index contributed by atoms with van der Waals surface area (Å²) in [6, 6.07) is 5.92. The quantitative estimate of drug-likeness (QED) is 0.904. The monoisotopic (exact) mass is 279 g/mol. The number of carbonyl (C=O) groups excluding carboxylic acids is 1. The van der Waals surface area contributed by atoms with Gasteiger partial charge in [-0.3, -0.25) is 4.79 Å². The molecule has 1 heterocycles. The molecule has 4 nitrogen and oxygen atoms in total. The fourth-order valence-electron chi connectivity index (χ4n) is 2.93. The van der Waals surface area contributed by atoms with Crippen LogP contribution in [0.1, 0.15) is 32.6 Å². The zero-order valence-electron chi connectivity index (χ0n) is 11.4. The largest absolute Gasteiger partial charge is 0.485 e. The Morgan fingerprint density at radius 1 is 1.35 bits per heavy atom. The standard InChI is InChI=1S/C15H18FNO3/c1-10-14(18)17-15(20-10)9-3-2-4-13(15)19-12-7-5-11(16)6-8-12/h5-8,10,13H,2-4,9H2,1H3,(H,17,18). The molecule has 0 radical (unpaired) electrons. The van der Waals surface area contributed by atoms with Gasteiger partial charge in [0.1, 0.15) is 23.8 Å². The number of rotatable bonds is 2. The average molecular weight is 279 g/mol. The minimum absolute atomic E-state index is 0.0976. The van der Waals surface area contributed by atoms with Gasteiger partial charge in [0.25, 0.3) is 5.91 Å². The highest BCUT2D eigenvalue weighted by Crippen LogP contribution is 2.36. The van der Waals surface area contributed by atoms with Gasteiger partial charge in [0.05, 0.1) is 0 Å². The lowest BCUT2D eigenvalue weighted by molar-refractivity contribution is -0.134. The molecular formula is C15H18FNO3. The maximum Gasteiger partial charge on any atom is 0.251 e. The molecule has 20 heavy (non-hydrogen) atoms. The van der Waals surface area contributed by atoms with Crippen LogP contribution in [0.3, 0.4) is 0 Å². The number of hydrogen-bond acceptors (Lipinski definition) is 3. The summed E-state index contributed by atoms with van der Waals surface area (Å²) < 4.78 is 24.7. The van der Waals surface area contributed by atoms with E-state index in [-0.39, 0.29) is 17.8 Å². The fraction of sp³-hybridized carbons (Fsp3) is 0.533. The van der Waals surface area contributed by atoms with E-state index in [1.165, 1.54) is 12.1 Å². The highest BCUT2D eigenvalue weighted by Gasteiger charge is 2.51. The molecule has 1 N–H and O–H groups in total. The first-order valence-electron chi connectivity index (χ1n) is 7.01. The molecule has 2 fully saturated rings. The van der Waals surface area contributed by atoms with Gasteiger partial charge in [-0.25, -0.2) is 4.39 Å². The Morgan fingerprint density at radius 3 is 2.75 bits per heavy atom. The minimum atomic E-state index is -0.733. The first kappa shape index (κ1) is 13.4. The van der Waals surface area contributed by atoms with Crippen molar-refractivity contribution in [1.82, 2.24) is 5.32 Å². The van der Waals surface area contributed by atoms with Gasteiger partial charge in [-0.15, -0.1) is 0 Å². The van der Waals surface area contributed by atoms with E-state index in [0.717, 1.165) is 25.7 Å². The maximum atomic E-state index is 12.9. The third kappa shape index (κ3) is 2.38. The van der Waals surface area contributed by atoms with Crippen molar-refractivity contribution in [3.05, 3.63) is 30.1 Å². The molecule has 3 atom stereocenters. The van der Waals surface area contributed by atoms with Gasteiger partial charge >= 0.3 is 0 Å². The summed E-state index contributed by atoms with van der Waals surface area (Å²) >= 11 is 0. The lowest BCUT2D eigenvalue weighted by Crippen LogP contribution is -2.56. The summed E-state index contributed by atoms with van der Waals surface area (Å²) in [5.41, 5.74) is -0.733. The van der Waals surface area contributed by atoms with Gasteiger partial charge in [-0.1, -0.05) is 0 Å². The van der Waals surface area contributed by atoms with Crippen LogP contribution in [0, 0.1) is 5.82 Å². The van der Waals surface area contributed by atoms with E-state index in [2.05, 4.69) is 5.32 Å². The number of hydrogen-bond donors (Lipinski definition) is 1. The second-order valence-corrected chi connectivity index (χ2v) is 5.45. The van der Waals surface area contributed by atoms with Crippen molar-refractivity contribution in [3.8, 4) is 5.75 Å². The van der Waals surface area contributed by atoms with Crippen LogP contribution in [0.25, 0.3) is 0 Å². The van der Waals surface area contributed by atoms with Crippen molar-refractivity contribution < 1.29 is 18.7 Å². The molecular weight excluding hydrogens is 261 g/mol. The Balaban J connectivity index is 1.79. The van der Waals surface area contributed by atoms with Gasteiger partial charge in [0.15, 0.2) is 5.72 Å². The number of benzene rings is 1. The first-order chi connectivity index (χ1) is 9.59. The van der Waals surface area contributed by atoms with E-state index in [4.69, 9.17) is 9.47 Å². The van der Waals surface area contributed by atoms with Crippen LogP contribution < -0.4 is 10.1 Å². The van der Waals surface area contributed by atoms with Crippen LogP contribution in [0.15, 0.2) is 24.3 Å². The molecule has 1 aliphatic carbocycles. The van der Waals surface area contributed by atoms with Gasteiger partial charge in [-0.2, -0.15) is 0 Å². The molecule has 3 rings (SSSR count). The van der Waals surface area contributed by atoms with Crippen LogP contribution in [-0.4, -0.2) is 23.8 Å². The van der Waals surface area contributed by atoms with Crippen molar-refractivity contribution in [1.29, 1.82) is 0 Å². The molecule has 108 valence electrons. The molecule has 5 heteroatoms. The average Bonchev–Trinajstić information content (AvgIpc) is 2.71. The number of amides is 1. The van der Waals surface area contributed by atoms with Crippen LogP contribution in [0.2, 0.25) is 0 Å². The van der Waals surface area contributed by atoms with Crippen LogP contribution in [-0.2, 0) is 9.53 Å². The Hall–Kier alpha value is -1.62. The molecule has 1 saturated carbocycles. The summed E-state index contributed by atoms with van der Waals surface area (Å²) in [5, 5.41) is 2.94. The first-order valence-corrected chi connectivity index (χ1v) is 7.01. The van der Waals surface area contributed by atoms with Crippen molar-refractivity contribution in [3.63, 3.8) is 0 Å². The Bertz CT molecular complexity index is 504. The molecule has 1 aromatic carbocycles. The highest BCUT2D eigenvalue weighted by molar-refractivity contribution is 5.83. The summed E-state index contributed by atoms with van der Waals surface area (Å²) in [6.07, 6.45) is 2.89. The smallest absolute Gasteiger partial charge is 0.251 e. The number of carbonyl (C=O) groups is 1. The predicted octanol–water partition coefficient (Wildman–Crippen LogP) is 2.38. The van der Waals surface area contributed by atoms with Crippen LogP contribution >= 0.6 is 0 Å². The SMILES string of the molecule is CC1OC2(CCCCC2Oc2ccc(F)cc2)NC1=O. The highest BCUT2D eigenvalue weighted by atomic mass is 19.1. The normalized spacial score (nSPS) is 33.2. The van der Waals surface area contributed by atoms with E-state index in [9.17, 15) is 9.18 Å². The lowest BCUT2D eigenvalue weighted by Gasteiger charge is -2.39. The fourth-order valence-corrected chi connectivity index (χ4v) is 2.93. The molecule has 2 aliphatic rings. The molecule has 0 aromatic heterocycles. The van der Waals surface area contributed by atoms with Crippen LogP contribution in [0.5, 0.6) is 5.75 Å². The minimum Gasteiger partial charge on any atom is -0.485 e. The summed E-state index contributed by atoms with van der Waals surface area (Å²) in [7, 11) is 0. The third-order valence-corrected chi connectivity index (χ3v) is 3.97. The van der Waals surface area contributed by atoms with Crippen molar-refractivity contribution in [2.45, 2.75) is 50.5 Å². The van der Waals surface area contributed by atoms with E-state index in [0.29, 0.717) is 5.75 Å². The maximum absolute atomic E-state index is 12.9. The Kier molecular flexibility index (Phi) is 3.38. The molecule has 0 bridgehead atoms. The van der Waals surface area contributed by atoms with Gasteiger partial charge in [-0.05, 0) is 56.9 Å². The molecule has 1 spiro atoms. The molecule has 1 aliphatic heterocycles. The van der Waals surface area contributed by atoms with Crippen molar-refractivity contribution >= 4 is 5.91 Å².